The van der Waals surface area contributed by atoms with Crippen LogP contribution in [0.2, 0.25) is 0 Å². The monoisotopic (exact) mass is 316 g/mol. The molecule has 2 aromatic heterocycles. The second-order valence-electron chi connectivity index (χ2n) is 5.85. The van der Waals surface area contributed by atoms with Crippen molar-refractivity contribution in [3.8, 4) is 0 Å². The lowest BCUT2D eigenvalue weighted by atomic mass is 10.1. The maximum absolute atomic E-state index is 5.80. The summed E-state index contributed by atoms with van der Waals surface area (Å²) in [5.74, 6) is 0. The highest BCUT2D eigenvalue weighted by molar-refractivity contribution is 7.07. The Morgan fingerprint density at radius 1 is 1.05 bits per heavy atom. The number of pyridine rings is 1. The molecule has 0 radical (unpaired) electrons. The minimum absolute atomic E-state index is 0.829. The number of nitrogens with zero attached hydrogens (tertiary/aromatic N) is 2. The van der Waals surface area contributed by atoms with Crippen molar-refractivity contribution in [1.29, 1.82) is 0 Å². The third-order valence-electron chi connectivity index (χ3n) is 4.03. The van der Waals surface area contributed by atoms with Gasteiger partial charge >= 0.3 is 0 Å². The second-order valence-corrected chi connectivity index (χ2v) is 6.63. The van der Waals surface area contributed by atoms with E-state index in [1.807, 2.05) is 0 Å². The molecule has 0 atom stereocenters. The molecule has 0 N–H and O–H groups in total. The fraction of sp³-hybridized carbons (Fsp3) is 0.500. The molecule has 3 heterocycles. The van der Waals surface area contributed by atoms with Crippen LogP contribution in [0.5, 0.6) is 0 Å². The molecule has 0 aliphatic carbocycles. The quantitative estimate of drug-likeness (QED) is 0.847. The van der Waals surface area contributed by atoms with Crippen LogP contribution in [0.25, 0.3) is 0 Å². The summed E-state index contributed by atoms with van der Waals surface area (Å²) in [7, 11) is 0. The molecule has 0 amide bonds. The lowest BCUT2D eigenvalue weighted by Gasteiger charge is -2.21. The standard InChI is InChI=1S/C18H24N2OS/c1-4-17-6-2-9-20(14-16-8-13-22-15-16)10-12-21-11-3-7-18(5-1)19-17/h1,4-5,8,13,15H,2-3,6-7,9-12,14H2. The van der Waals surface area contributed by atoms with Gasteiger partial charge in [-0.15, -0.1) is 0 Å². The summed E-state index contributed by atoms with van der Waals surface area (Å²) in [5, 5.41) is 4.40. The summed E-state index contributed by atoms with van der Waals surface area (Å²) in [6, 6.07) is 8.65. The third-order valence-corrected chi connectivity index (χ3v) is 4.76. The average molecular weight is 316 g/mol. The first kappa shape index (κ1) is 15.7. The number of ether oxygens (including phenoxy) is 1. The summed E-state index contributed by atoms with van der Waals surface area (Å²) in [6.45, 7) is 4.81. The topological polar surface area (TPSA) is 25.4 Å². The van der Waals surface area contributed by atoms with Crippen LogP contribution in [-0.4, -0.2) is 36.2 Å². The zero-order chi connectivity index (χ0) is 15.0. The highest BCUT2D eigenvalue weighted by atomic mass is 32.1. The maximum atomic E-state index is 5.80. The van der Waals surface area contributed by atoms with Crippen LogP contribution in [0.1, 0.15) is 29.8 Å². The Balaban J connectivity index is 1.61. The molecule has 3 nitrogen and oxygen atoms in total. The lowest BCUT2D eigenvalue weighted by molar-refractivity contribution is 0.0992. The number of hydrogen-bond donors (Lipinski definition) is 0. The van der Waals surface area contributed by atoms with Gasteiger partial charge < -0.3 is 4.74 Å². The molecule has 4 heteroatoms. The number of aromatic nitrogens is 1. The Bertz CT molecular complexity index is 556. The predicted octanol–water partition coefficient (Wildman–Crippen LogP) is 3.54. The number of rotatable bonds is 2. The van der Waals surface area contributed by atoms with Crippen LogP contribution in [0.3, 0.4) is 0 Å². The molecule has 0 spiro atoms. The van der Waals surface area contributed by atoms with Crippen LogP contribution in [-0.2, 0) is 24.1 Å². The van der Waals surface area contributed by atoms with Gasteiger partial charge in [-0.2, -0.15) is 11.3 Å². The Morgan fingerprint density at radius 2 is 1.91 bits per heavy atom. The van der Waals surface area contributed by atoms with Crippen LogP contribution in [0, 0.1) is 0 Å². The van der Waals surface area contributed by atoms with Crippen molar-refractivity contribution in [2.75, 3.05) is 26.3 Å². The van der Waals surface area contributed by atoms with Gasteiger partial charge in [-0.05, 0) is 66.8 Å². The van der Waals surface area contributed by atoms with Gasteiger partial charge in [0.2, 0.25) is 0 Å². The molecule has 0 saturated heterocycles. The highest BCUT2D eigenvalue weighted by Crippen LogP contribution is 2.11. The van der Waals surface area contributed by atoms with E-state index in [2.05, 4.69) is 39.9 Å². The zero-order valence-corrected chi connectivity index (χ0v) is 13.9. The van der Waals surface area contributed by atoms with Crippen molar-refractivity contribution in [3.63, 3.8) is 0 Å². The van der Waals surface area contributed by atoms with E-state index in [0.29, 0.717) is 0 Å². The van der Waals surface area contributed by atoms with E-state index in [0.717, 1.165) is 58.5 Å². The van der Waals surface area contributed by atoms with Gasteiger partial charge in [0.25, 0.3) is 0 Å². The number of fused-ring (bicyclic) bond motifs is 2. The Kier molecular flexibility index (Phi) is 5.99. The van der Waals surface area contributed by atoms with Crippen LogP contribution >= 0.6 is 11.3 Å². The molecular weight excluding hydrogens is 292 g/mol. The normalized spacial score (nSPS) is 18.2. The molecule has 3 rings (SSSR count). The lowest BCUT2D eigenvalue weighted by Crippen LogP contribution is -2.28. The van der Waals surface area contributed by atoms with Gasteiger partial charge in [0.1, 0.15) is 0 Å². The van der Waals surface area contributed by atoms with Gasteiger partial charge in [-0.1, -0.05) is 6.07 Å². The predicted molar refractivity (Wildman–Crippen MR) is 91.3 cm³/mol. The minimum atomic E-state index is 0.829. The first-order chi connectivity index (χ1) is 10.9. The van der Waals surface area contributed by atoms with Crippen LogP contribution in [0.15, 0.2) is 35.0 Å². The summed E-state index contributed by atoms with van der Waals surface area (Å²) in [4.78, 5) is 7.27. The fourth-order valence-electron chi connectivity index (χ4n) is 2.85. The first-order valence-corrected chi connectivity index (χ1v) is 9.10. The van der Waals surface area contributed by atoms with Crippen molar-refractivity contribution in [1.82, 2.24) is 9.88 Å². The zero-order valence-electron chi connectivity index (χ0n) is 13.0. The molecule has 1 aliphatic heterocycles. The molecule has 0 fully saturated rings. The number of aryl methyl sites for hydroxylation is 2. The second kappa shape index (κ2) is 8.42. The van der Waals surface area contributed by atoms with Crippen molar-refractivity contribution < 1.29 is 4.74 Å². The molecule has 118 valence electrons. The highest BCUT2D eigenvalue weighted by Gasteiger charge is 2.08. The SMILES string of the molecule is c1cc2nc(c1)CCCN(Cc1ccsc1)CCOCCC2. The average Bonchev–Trinajstić information content (AvgIpc) is 3.03. The third kappa shape index (κ3) is 4.90. The smallest absolute Gasteiger partial charge is 0.0593 e. The van der Waals surface area contributed by atoms with Crippen molar-refractivity contribution >= 4 is 11.3 Å². The molecule has 0 saturated carbocycles. The van der Waals surface area contributed by atoms with E-state index in [1.165, 1.54) is 17.0 Å². The van der Waals surface area contributed by atoms with Crippen molar-refractivity contribution in [2.24, 2.45) is 0 Å². The van der Waals surface area contributed by atoms with E-state index < -0.39 is 0 Å². The summed E-state index contributed by atoms with van der Waals surface area (Å²) in [6.07, 6.45) is 4.29. The van der Waals surface area contributed by atoms with Gasteiger partial charge in [-0.25, -0.2) is 0 Å². The van der Waals surface area contributed by atoms with Gasteiger partial charge in [-0.3, -0.25) is 9.88 Å². The summed E-state index contributed by atoms with van der Waals surface area (Å²) < 4.78 is 5.80. The van der Waals surface area contributed by atoms with Gasteiger partial charge in [0.15, 0.2) is 0 Å². The molecule has 2 aromatic rings. The maximum Gasteiger partial charge on any atom is 0.0593 e. The molecule has 1 aliphatic rings. The number of thiophene rings is 1. The Morgan fingerprint density at radius 3 is 2.73 bits per heavy atom. The largest absolute Gasteiger partial charge is 0.380 e. The van der Waals surface area contributed by atoms with Crippen LogP contribution in [0.4, 0.5) is 0 Å². The van der Waals surface area contributed by atoms with E-state index in [-0.39, 0.29) is 0 Å². The number of hydrogen-bond acceptors (Lipinski definition) is 4. The Hall–Kier alpha value is -1.23. The van der Waals surface area contributed by atoms with E-state index in [9.17, 15) is 0 Å². The van der Waals surface area contributed by atoms with Crippen molar-refractivity contribution in [2.45, 2.75) is 32.2 Å². The summed E-state index contributed by atoms with van der Waals surface area (Å²) in [5.41, 5.74) is 3.85. The van der Waals surface area contributed by atoms with E-state index in [4.69, 9.17) is 9.72 Å². The summed E-state index contributed by atoms with van der Waals surface area (Å²) >= 11 is 1.77. The van der Waals surface area contributed by atoms with E-state index in [1.54, 1.807) is 11.3 Å². The van der Waals surface area contributed by atoms with Gasteiger partial charge in [0.05, 0.1) is 6.61 Å². The molecule has 2 bridgehead atoms. The molecule has 0 aromatic carbocycles. The van der Waals surface area contributed by atoms with Gasteiger partial charge in [0, 0.05) is 31.1 Å². The van der Waals surface area contributed by atoms with Crippen LogP contribution < -0.4 is 0 Å². The van der Waals surface area contributed by atoms with E-state index >= 15 is 0 Å². The van der Waals surface area contributed by atoms with Crippen molar-refractivity contribution in [3.05, 3.63) is 52.0 Å². The molecular formula is C18H24N2OS. The molecule has 22 heavy (non-hydrogen) atoms. The minimum Gasteiger partial charge on any atom is -0.380 e. The molecule has 0 unspecified atom stereocenters. The Labute approximate surface area is 137 Å². The first-order valence-electron chi connectivity index (χ1n) is 8.16. The fourth-order valence-corrected chi connectivity index (χ4v) is 3.51.